The summed E-state index contributed by atoms with van der Waals surface area (Å²) in [6.07, 6.45) is 1.84. The van der Waals surface area contributed by atoms with Gasteiger partial charge in [-0.15, -0.1) is 6.58 Å². The lowest BCUT2D eigenvalue weighted by atomic mass is 9.95. The Morgan fingerprint density at radius 2 is 1.67 bits per heavy atom. The first-order valence-electron chi connectivity index (χ1n) is 6.85. The van der Waals surface area contributed by atoms with Gasteiger partial charge >= 0.3 is 0 Å². The predicted octanol–water partition coefficient (Wildman–Crippen LogP) is 4.08. The van der Waals surface area contributed by atoms with Gasteiger partial charge in [-0.1, -0.05) is 89.3 Å². The summed E-state index contributed by atoms with van der Waals surface area (Å²) >= 11 is 2.19. The molecule has 1 amide bonds. The Hall–Kier alpha value is -1.62. The van der Waals surface area contributed by atoms with E-state index >= 15 is 0 Å². The van der Waals surface area contributed by atoms with Crippen molar-refractivity contribution in [1.82, 2.24) is 5.32 Å². The summed E-state index contributed by atoms with van der Waals surface area (Å²) in [5.74, 6) is 0.0516. The highest BCUT2D eigenvalue weighted by atomic mass is 127. The largest absolute Gasteiger partial charge is 0.351 e. The minimum atomic E-state index is -0.175. The molecule has 1 N–H and O–H groups in total. The second kappa shape index (κ2) is 7.98. The van der Waals surface area contributed by atoms with Crippen molar-refractivity contribution in [1.29, 1.82) is 0 Å². The van der Waals surface area contributed by atoms with E-state index in [4.69, 9.17) is 0 Å². The number of alkyl halides is 1. The Bertz CT molecular complexity index is 583. The smallest absolute Gasteiger partial charge is 0.234 e. The number of hydrogen-bond donors (Lipinski definition) is 1. The molecule has 0 aromatic heterocycles. The molecule has 0 radical (unpaired) electrons. The third-order valence-electron chi connectivity index (χ3n) is 3.31. The van der Waals surface area contributed by atoms with Crippen LogP contribution in [-0.2, 0) is 11.3 Å². The Morgan fingerprint density at radius 3 is 2.24 bits per heavy atom. The fourth-order valence-corrected chi connectivity index (χ4v) is 3.07. The molecule has 0 aliphatic carbocycles. The fraction of sp³-hybridized carbons (Fsp3) is 0.167. The zero-order valence-electron chi connectivity index (χ0n) is 11.7. The summed E-state index contributed by atoms with van der Waals surface area (Å²) in [5.41, 5.74) is 2.21. The molecular weight excluding hydrogens is 373 g/mol. The van der Waals surface area contributed by atoms with Gasteiger partial charge in [-0.3, -0.25) is 4.79 Å². The number of carbonyl (C=O) groups is 1. The van der Waals surface area contributed by atoms with Crippen LogP contribution in [0.25, 0.3) is 0 Å². The van der Waals surface area contributed by atoms with Crippen LogP contribution in [0.15, 0.2) is 73.3 Å². The van der Waals surface area contributed by atoms with E-state index in [1.54, 1.807) is 0 Å². The van der Waals surface area contributed by atoms with Crippen molar-refractivity contribution >= 4 is 28.5 Å². The zero-order chi connectivity index (χ0) is 15.1. The quantitative estimate of drug-likeness (QED) is 0.449. The highest BCUT2D eigenvalue weighted by molar-refractivity contribution is 14.1. The Balaban J connectivity index is 1.99. The van der Waals surface area contributed by atoms with Gasteiger partial charge in [-0.25, -0.2) is 0 Å². The number of nitrogens with one attached hydrogen (secondary N) is 1. The number of halogens is 1. The third-order valence-corrected chi connectivity index (χ3v) is 4.65. The SMILES string of the molecule is C=C[C@@H](c1ccccc1)[C@H](I)C(=O)NCc1ccccc1. The van der Waals surface area contributed by atoms with Crippen LogP contribution in [-0.4, -0.2) is 9.83 Å². The molecule has 2 rings (SSSR count). The first-order chi connectivity index (χ1) is 10.2. The molecule has 2 aromatic carbocycles. The summed E-state index contributed by atoms with van der Waals surface area (Å²) in [6, 6.07) is 19.9. The van der Waals surface area contributed by atoms with Gasteiger partial charge in [0.2, 0.25) is 5.91 Å². The van der Waals surface area contributed by atoms with Gasteiger partial charge in [0.05, 0.1) is 3.92 Å². The molecule has 21 heavy (non-hydrogen) atoms. The normalized spacial score (nSPS) is 13.2. The maximum Gasteiger partial charge on any atom is 0.234 e. The highest BCUT2D eigenvalue weighted by Crippen LogP contribution is 2.26. The monoisotopic (exact) mass is 391 g/mol. The molecule has 2 aromatic rings. The van der Waals surface area contributed by atoms with Gasteiger partial charge in [-0.05, 0) is 11.1 Å². The second-order valence-corrected chi connectivity index (χ2v) is 6.12. The van der Waals surface area contributed by atoms with Gasteiger partial charge in [0, 0.05) is 12.5 Å². The Kier molecular flexibility index (Phi) is 5.99. The van der Waals surface area contributed by atoms with Crippen molar-refractivity contribution in [2.75, 3.05) is 0 Å². The zero-order valence-corrected chi connectivity index (χ0v) is 13.9. The molecule has 108 valence electrons. The van der Waals surface area contributed by atoms with Gasteiger partial charge < -0.3 is 5.32 Å². The number of carbonyl (C=O) groups excluding carboxylic acids is 1. The van der Waals surface area contributed by atoms with E-state index < -0.39 is 0 Å². The molecule has 0 bridgehead atoms. The van der Waals surface area contributed by atoms with Crippen LogP contribution in [0, 0.1) is 0 Å². The Morgan fingerprint density at radius 1 is 1.10 bits per heavy atom. The van der Waals surface area contributed by atoms with Crippen LogP contribution < -0.4 is 5.32 Å². The van der Waals surface area contributed by atoms with Crippen molar-refractivity contribution in [2.24, 2.45) is 0 Å². The standard InChI is InChI=1S/C18H18INO/c1-2-16(15-11-7-4-8-12-15)17(19)18(21)20-13-14-9-5-3-6-10-14/h2-12,16-17H,1,13H2,(H,20,21)/t16-,17-/m0/s1. The van der Waals surface area contributed by atoms with Crippen molar-refractivity contribution < 1.29 is 4.79 Å². The van der Waals surface area contributed by atoms with Crippen molar-refractivity contribution in [2.45, 2.75) is 16.4 Å². The van der Waals surface area contributed by atoms with Crippen LogP contribution in [0.3, 0.4) is 0 Å². The molecule has 0 saturated carbocycles. The molecule has 0 aliphatic heterocycles. The lowest BCUT2D eigenvalue weighted by Gasteiger charge is -2.19. The first kappa shape index (κ1) is 15.8. The summed E-state index contributed by atoms with van der Waals surface area (Å²) < 4.78 is -0.175. The molecule has 0 aliphatic rings. The minimum Gasteiger partial charge on any atom is -0.351 e. The van der Waals surface area contributed by atoms with Crippen LogP contribution in [0.2, 0.25) is 0 Å². The van der Waals surface area contributed by atoms with Gasteiger partial charge in [-0.2, -0.15) is 0 Å². The summed E-state index contributed by atoms with van der Waals surface area (Å²) in [7, 11) is 0. The van der Waals surface area contributed by atoms with Crippen LogP contribution in [0.4, 0.5) is 0 Å². The molecule has 0 unspecified atom stereocenters. The van der Waals surface area contributed by atoms with E-state index in [2.05, 4.69) is 34.5 Å². The van der Waals surface area contributed by atoms with E-state index in [-0.39, 0.29) is 15.7 Å². The number of hydrogen-bond acceptors (Lipinski definition) is 1. The van der Waals surface area contributed by atoms with E-state index in [0.29, 0.717) is 6.54 Å². The van der Waals surface area contributed by atoms with Crippen molar-refractivity contribution in [3.63, 3.8) is 0 Å². The van der Waals surface area contributed by atoms with E-state index in [1.807, 2.05) is 66.7 Å². The van der Waals surface area contributed by atoms with Crippen LogP contribution >= 0.6 is 22.6 Å². The summed E-state index contributed by atoms with van der Waals surface area (Å²) in [5, 5.41) is 2.99. The molecular formula is C18H18INO. The third kappa shape index (κ3) is 4.43. The molecule has 2 nitrogen and oxygen atoms in total. The maximum absolute atomic E-state index is 12.3. The van der Waals surface area contributed by atoms with E-state index in [0.717, 1.165) is 11.1 Å². The molecule has 2 atom stereocenters. The molecule has 0 spiro atoms. The van der Waals surface area contributed by atoms with E-state index in [1.165, 1.54) is 0 Å². The second-order valence-electron chi connectivity index (χ2n) is 4.78. The molecule has 0 fully saturated rings. The molecule has 3 heteroatoms. The average molecular weight is 391 g/mol. The minimum absolute atomic E-state index is 0.0163. The number of allylic oxidation sites excluding steroid dienone is 1. The summed E-state index contributed by atoms with van der Waals surface area (Å²) in [6.45, 7) is 4.43. The fourth-order valence-electron chi connectivity index (χ4n) is 2.15. The lowest BCUT2D eigenvalue weighted by Crippen LogP contribution is -2.33. The predicted molar refractivity (Wildman–Crippen MR) is 95.5 cm³/mol. The van der Waals surface area contributed by atoms with Gasteiger partial charge in [0.25, 0.3) is 0 Å². The Labute approximate surface area is 139 Å². The van der Waals surface area contributed by atoms with Gasteiger partial charge in [0.15, 0.2) is 0 Å². The van der Waals surface area contributed by atoms with Crippen molar-refractivity contribution in [3.8, 4) is 0 Å². The van der Waals surface area contributed by atoms with Gasteiger partial charge in [0.1, 0.15) is 0 Å². The number of rotatable bonds is 6. The number of benzene rings is 2. The topological polar surface area (TPSA) is 29.1 Å². The maximum atomic E-state index is 12.3. The molecule has 0 heterocycles. The van der Waals surface area contributed by atoms with Crippen LogP contribution in [0.1, 0.15) is 17.0 Å². The number of amides is 1. The molecule has 0 saturated heterocycles. The van der Waals surface area contributed by atoms with Crippen LogP contribution in [0.5, 0.6) is 0 Å². The van der Waals surface area contributed by atoms with Crippen molar-refractivity contribution in [3.05, 3.63) is 84.4 Å². The summed E-state index contributed by atoms with van der Waals surface area (Å²) in [4.78, 5) is 12.3. The highest BCUT2D eigenvalue weighted by Gasteiger charge is 2.24. The van der Waals surface area contributed by atoms with E-state index in [9.17, 15) is 4.79 Å². The average Bonchev–Trinajstić information content (AvgIpc) is 2.55. The first-order valence-corrected chi connectivity index (χ1v) is 8.10. The lowest BCUT2D eigenvalue weighted by molar-refractivity contribution is -0.120.